The molecule has 1 amide bonds. The first-order valence-corrected chi connectivity index (χ1v) is 4.60. The Kier molecular flexibility index (Phi) is 3.24. The Balaban J connectivity index is 2.77. The van der Waals surface area contributed by atoms with Crippen molar-refractivity contribution in [2.24, 2.45) is 5.73 Å². The highest BCUT2D eigenvalue weighted by Crippen LogP contribution is 2.09. The number of amides is 1. The molecule has 86 valence electrons. The molecule has 0 spiro atoms. The van der Waals surface area contributed by atoms with Crippen molar-refractivity contribution < 1.29 is 14.7 Å². The Morgan fingerprint density at radius 2 is 2.06 bits per heavy atom. The molecule has 0 aliphatic carbocycles. The fraction of sp³-hybridized carbons (Fsp3) is 0.300. The minimum Gasteiger partial charge on any atom is -0.477 e. The van der Waals surface area contributed by atoms with Crippen molar-refractivity contribution in [1.82, 2.24) is 4.98 Å². The first-order chi connectivity index (χ1) is 7.30. The SMILES string of the molecule is CC(C)(N)C(=O)Nc1ccc(C(=O)O)nc1. The van der Waals surface area contributed by atoms with Gasteiger partial charge in [0, 0.05) is 0 Å². The number of carbonyl (C=O) groups is 2. The van der Waals surface area contributed by atoms with Crippen molar-refractivity contribution in [2.45, 2.75) is 19.4 Å². The van der Waals surface area contributed by atoms with Crippen molar-refractivity contribution >= 4 is 17.6 Å². The molecule has 6 nitrogen and oxygen atoms in total. The Bertz CT molecular complexity index is 406. The van der Waals surface area contributed by atoms with Crippen LogP contribution in [0.1, 0.15) is 24.3 Å². The average Bonchev–Trinajstić information content (AvgIpc) is 2.17. The summed E-state index contributed by atoms with van der Waals surface area (Å²) in [6.45, 7) is 3.14. The molecule has 0 saturated heterocycles. The number of nitrogens with one attached hydrogen (secondary N) is 1. The Hall–Kier alpha value is -1.95. The van der Waals surface area contributed by atoms with E-state index in [4.69, 9.17) is 10.8 Å². The van der Waals surface area contributed by atoms with Crippen LogP contribution in [0.5, 0.6) is 0 Å². The third-order valence-corrected chi connectivity index (χ3v) is 1.83. The predicted octanol–water partition coefficient (Wildman–Crippen LogP) is 0.456. The van der Waals surface area contributed by atoms with E-state index in [1.807, 2.05) is 0 Å². The normalized spacial score (nSPS) is 10.9. The summed E-state index contributed by atoms with van der Waals surface area (Å²) in [5, 5.41) is 11.1. The molecule has 6 heteroatoms. The molecule has 0 saturated carbocycles. The number of hydrogen-bond acceptors (Lipinski definition) is 4. The van der Waals surface area contributed by atoms with Crippen LogP contribution in [0.2, 0.25) is 0 Å². The maximum absolute atomic E-state index is 11.5. The number of pyridine rings is 1. The third kappa shape index (κ3) is 3.03. The second kappa shape index (κ2) is 4.28. The molecular weight excluding hydrogens is 210 g/mol. The molecule has 4 N–H and O–H groups in total. The molecular formula is C10H13N3O3. The topological polar surface area (TPSA) is 105 Å². The number of aromatic nitrogens is 1. The molecule has 16 heavy (non-hydrogen) atoms. The van der Waals surface area contributed by atoms with Crippen molar-refractivity contribution in [3.05, 3.63) is 24.0 Å². The Labute approximate surface area is 92.5 Å². The van der Waals surface area contributed by atoms with Crippen molar-refractivity contribution in [3.63, 3.8) is 0 Å². The van der Waals surface area contributed by atoms with Crippen molar-refractivity contribution in [3.8, 4) is 0 Å². The molecule has 1 aromatic heterocycles. The lowest BCUT2D eigenvalue weighted by molar-refractivity contribution is -0.120. The summed E-state index contributed by atoms with van der Waals surface area (Å²) in [5.41, 5.74) is 4.92. The average molecular weight is 223 g/mol. The van der Waals surface area contributed by atoms with Gasteiger partial charge in [-0.25, -0.2) is 9.78 Å². The number of carboxylic acid groups (broad SMARTS) is 1. The minimum absolute atomic E-state index is 0.0787. The standard InChI is InChI=1S/C10H13N3O3/c1-10(2,11)9(16)13-6-3-4-7(8(14)15)12-5-6/h3-5H,11H2,1-2H3,(H,13,16)(H,14,15). The smallest absolute Gasteiger partial charge is 0.354 e. The molecule has 0 atom stereocenters. The van der Waals surface area contributed by atoms with E-state index in [2.05, 4.69) is 10.3 Å². The predicted molar refractivity (Wildman–Crippen MR) is 58.1 cm³/mol. The van der Waals surface area contributed by atoms with Gasteiger partial charge in [0.1, 0.15) is 5.69 Å². The molecule has 0 radical (unpaired) electrons. The highest BCUT2D eigenvalue weighted by Gasteiger charge is 2.21. The van der Waals surface area contributed by atoms with Gasteiger partial charge in [0.2, 0.25) is 5.91 Å². The second-order valence-corrected chi connectivity index (χ2v) is 3.91. The first-order valence-electron chi connectivity index (χ1n) is 4.60. The van der Waals surface area contributed by atoms with E-state index in [9.17, 15) is 9.59 Å². The van der Waals surface area contributed by atoms with Crippen LogP contribution in [0.25, 0.3) is 0 Å². The van der Waals surface area contributed by atoms with Crippen molar-refractivity contribution in [2.75, 3.05) is 5.32 Å². The molecule has 1 heterocycles. The van der Waals surface area contributed by atoms with Crippen LogP contribution >= 0.6 is 0 Å². The van der Waals surface area contributed by atoms with Gasteiger partial charge in [-0.2, -0.15) is 0 Å². The van der Waals surface area contributed by atoms with Crippen LogP contribution in [0, 0.1) is 0 Å². The summed E-state index contributed by atoms with van der Waals surface area (Å²) in [4.78, 5) is 25.7. The van der Waals surface area contributed by atoms with Gasteiger partial charge in [-0.3, -0.25) is 4.79 Å². The van der Waals surface area contributed by atoms with E-state index in [1.165, 1.54) is 18.3 Å². The van der Waals surface area contributed by atoms with Gasteiger partial charge >= 0.3 is 5.97 Å². The maximum Gasteiger partial charge on any atom is 0.354 e. The van der Waals surface area contributed by atoms with Crippen LogP contribution < -0.4 is 11.1 Å². The Morgan fingerprint density at radius 1 is 1.44 bits per heavy atom. The van der Waals surface area contributed by atoms with Gasteiger partial charge in [0.15, 0.2) is 0 Å². The van der Waals surface area contributed by atoms with E-state index in [1.54, 1.807) is 13.8 Å². The number of hydrogen-bond donors (Lipinski definition) is 3. The summed E-state index contributed by atoms with van der Waals surface area (Å²) >= 11 is 0. The number of anilines is 1. The molecule has 0 fully saturated rings. The summed E-state index contributed by atoms with van der Waals surface area (Å²) in [6, 6.07) is 2.77. The summed E-state index contributed by atoms with van der Waals surface area (Å²) in [5.74, 6) is -1.48. The lowest BCUT2D eigenvalue weighted by Gasteiger charge is -2.17. The summed E-state index contributed by atoms with van der Waals surface area (Å²) < 4.78 is 0. The second-order valence-electron chi connectivity index (χ2n) is 3.91. The maximum atomic E-state index is 11.5. The quantitative estimate of drug-likeness (QED) is 0.690. The number of rotatable bonds is 3. The largest absolute Gasteiger partial charge is 0.477 e. The van der Waals surface area contributed by atoms with Gasteiger partial charge < -0.3 is 16.2 Å². The van der Waals surface area contributed by atoms with Crippen LogP contribution in [0.4, 0.5) is 5.69 Å². The van der Waals surface area contributed by atoms with Crippen LogP contribution in [-0.2, 0) is 4.79 Å². The van der Waals surface area contributed by atoms with Crippen LogP contribution in [0.3, 0.4) is 0 Å². The van der Waals surface area contributed by atoms with E-state index < -0.39 is 11.5 Å². The number of nitrogens with zero attached hydrogens (tertiary/aromatic N) is 1. The minimum atomic E-state index is -1.11. The molecule has 0 aromatic carbocycles. The molecule has 1 aromatic rings. The highest BCUT2D eigenvalue weighted by molar-refractivity contribution is 5.97. The first kappa shape index (κ1) is 12.1. The number of carboxylic acids is 1. The molecule has 0 bridgehead atoms. The molecule has 1 rings (SSSR count). The van der Waals surface area contributed by atoms with Gasteiger partial charge in [-0.05, 0) is 26.0 Å². The number of aromatic carboxylic acids is 1. The van der Waals surface area contributed by atoms with E-state index in [-0.39, 0.29) is 11.6 Å². The monoisotopic (exact) mass is 223 g/mol. The van der Waals surface area contributed by atoms with Gasteiger partial charge in [0.05, 0.1) is 17.4 Å². The third-order valence-electron chi connectivity index (χ3n) is 1.83. The van der Waals surface area contributed by atoms with Crippen LogP contribution in [-0.4, -0.2) is 27.5 Å². The highest BCUT2D eigenvalue weighted by atomic mass is 16.4. The number of nitrogens with two attached hydrogens (primary N) is 1. The summed E-state index contributed by atoms with van der Waals surface area (Å²) in [7, 11) is 0. The lowest BCUT2D eigenvalue weighted by atomic mass is 10.1. The number of carbonyl (C=O) groups excluding carboxylic acids is 1. The molecule has 0 aliphatic heterocycles. The van der Waals surface area contributed by atoms with Crippen molar-refractivity contribution in [1.29, 1.82) is 0 Å². The van der Waals surface area contributed by atoms with E-state index in [0.29, 0.717) is 5.69 Å². The van der Waals surface area contributed by atoms with E-state index in [0.717, 1.165) is 0 Å². The molecule has 0 aliphatic rings. The zero-order valence-electron chi connectivity index (χ0n) is 9.02. The van der Waals surface area contributed by atoms with Gasteiger partial charge in [-0.15, -0.1) is 0 Å². The zero-order chi connectivity index (χ0) is 12.3. The van der Waals surface area contributed by atoms with Gasteiger partial charge in [-0.1, -0.05) is 0 Å². The fourth-order valence-electron chi connectivity index (χ4n) is 0.886. The fourth-order valence-corrected chi connectivity index (χ4v) is 0.886. The van der Waals surface area contributed by atoms with Gasteiger partial charge in [0.25, 0.3) is 0 Å². The van der Waals surface area contributed by atoms with E-state index >= 15 is 0 Å². The Morgan fingerprint density at radius 3 is 2.44 bits per heavy atom. The molecule has 0 unspecified atom stereocenters. The van der Waals surface area contributed by atoms with Crippen LogP contribution in [0.15, 0.2) is 18.3 Å². The summed E-state index contributed by atoms with van der Waals surface area (Å²) in [6.07, 6.45) is 1.27. The zero-order valence-corrected chi connectivity index (χ0v) is 9.02. The lowest BCUT2D eigenvalue weighted by Crippen LogP contribution is -2.45.